The largest absolute Gasteiger partial charge is 0.455 e. The van der Waals surface area contributed by atoms with Gasteiger partial charge in [-0.05, 0) is 147 Å². The predicted molar refractivity (Wildman–Crippen MR) is 293 cm³/mol. The number of aryl methyl sites for hydroxylation is 1. The smallest absolute Gasteiger partial charge is 0.159 e. The van der Waals surface area contributed by atoms with E-state index in [9.17, 15) is 0 Å². The molecule has 0 spiro atoms. The first-order valence-electron chi connectivity index (χ1n) is 23.8. The zero-order valence-corrected chi connectivity index (χ0v) is 40.3. The molecule has 4 heteroatoms. The fourth-order valence-electron chi connectivity index (χ4n) is 10.7. The van der Waals surface area contributed by atoms with Crippen molar-refractivity contribution in [2.75, 3.05) is 9.80 Å². The number of nitrogens with zero attached hydrogens (tertiary/aromatic N) is 2. The van der Waals surface area contributed by atoms with Gasteiger partial charge >= 0.3 is 0 Å². The summed E-state index contributed by atoms with van der Waals surface area (Å²) in [5.74, 6) is 2.51. The van der Waals surface area contributed by atoms with Crippen LogP contribution in [0.1, 0.15) is 77.0 Å². The maximum atomic E-state index is 6.83. The number of rotatable bonds is 13. The fraction of sp³-hybridized carbons (Fsp3) is 0.108. The molecule has 0 unspecified atom stereocenters. The van der Waals surface area contributed by atoms with Gasteiger partial charge in [0.1, 0.15) is 11.5 Å². The summed E-state index contributed by atoms with van der Waals surface area (Å²) in [7, 11) is 0. The van der Waals surface area contributed by atoms with Gasteiger partial charge in [0, 0.05) is 39.0 Å². The van der Waals surface area contributed by atoms with Gasteiger partial charge in [0.2, 0.25) is 0 Å². The van der Waals surface area contributed by atoms with Crippen LogP contribution in [0.4, 0.5) is 22.7 Å². The van der Waals surface area contributed by atoms with Gasteiger partial charge in [-0.3, -0.25) is 0 Å². The Bertz CT molecular complexity index is 3500. The zero-order valence-electron chi connectivity index (χ0n) is 40.3. The first-order chi connectivity index (χ1) is 33.8. The molecule has 1 aliphatic carbocycles. The van der Waals surface area contributed by atoms with Crippen LogP contribution in [-0.2, 0) is 5.41 Å². The number of allylic oxidation sites excluding steroid dienone is 6. The second-order valence-electron chi connectivity index (χ2n) is 17.6. The molecule has 0 atom stereocenters. The Labute approximate surface area is 406 Å². The SMILES string of the molecule is C=C/C=C(\C=C)N(/C(=C/C)c1oc(/C=C\C)c(C)c1C)c1ccc2c(c1)C(c1ccccc1)(c1ccccc1)c1cc(N(c3ccccc3)c3cccc4c(C)c(/C=C\C)oc34)c3ccccc3c1-2. The lowest BCUT2D eigenvalue weighted by molar-refractivity contribution is 0.538. The molecule has 0 saturated carbocycles. The number of benzene rings is 7. The Balaban J connectivity index is 1.33. The quantitative estimate of drug-likeness (QED) is 0.108. The molecule has 0 amide bonds. The van der Waals surface area contributed by atoms with Crippen LogP contribution in [0.25, 0.3) is 50.7 Å². The second-order valence-corrected chi connectivity index (χ2v) is 17.6. The van der Waals surface area contributed by atoms with E-state index in [-0.39, 0.29) is 0 Å². The van der Waals surface area contributed by atoms with E-state index in [0.717, 1.165) is 101 Å². The van der Waals surface area contributed by atoms with Crippen molar-refractivity contribution in [1.29, 1.82) is 0 Å². The lowest BCUT2D eigenvalue weighted by Crippen LogP contribution is -2.29. The molecule has 0 N–H and O–H groups in total. The van der Waals surface area contributed by atoms with E-state index in [1.807, 2.05) is 50.3 Å². The van der Waals surface area contributed by atoms with Crippen LogP contribution in [0, 0.1) is 20.8 Å². The van der Waals surface area contributed by atoms with Crippen LogP contribution < -0.4 is 9.80 Å². The van der Waals surface area contributed by atoms with E-state index < -0.39 is 5.41 Å². The van der Waals surface area contributed by atoms with Crippen molar-refractivity contribution in [1.82, 2.24) is 0 Å². The average molecular weight is 897 g/mol. The molecule has 0 bridgehead atoms. The molecule has 9 aromatic rings. The predicted octanol–water partition coefficient (Wildman–Crippen LogP) is 18.1. The standard InChI is InChI=1S/C65H56N2O2/c1-9-26-48(12-4)66(57(13-5)63-44(7)43(6)60(68-63)27-10-2)50-39-40-54-55(41-50)65(46-29-17-14-18-30-46,47-31-19-15-20-32-47)56-42-59(52-35-23-24-36-53(52)62(54)56)67(49-33-21-16-22-34-49)58-38-25-37-51-45(8)61(28-11-3)69-64(51)58/h9-42H,1,4H2,2-3,5-8H3/b27-10-,28-11-,48-26+,57-13+. The first kappa shape index (κ1) is 44.5. The van der Waals surface area contributed by atoms with Crippen molar-refractivity contribution < 1.29 is 8.83 Å². The molecule has 338 valence electrons. The van der Waals surface area contributed by atoms with E-state index in [1.54, 1.807) is 0 Å². The lowest BCUT2D eigenvalue weighted by atomic mass is 9.67. The molecule has 10 rings (SSSR count). The Morgan fingerprint density at radius 2 is 1.16 bits per heavy atom. The minimum absolute atomic E-state index is 0.773. The Morgan fingerprint density at radius 3 is 1.78 bits per heavy atom. The van der Waals surface area contributed by atoms with Gasteiger partial charge in [-0.1, -0.05) is 159 Å². The lowest BCUT2D eigenvalue weighted by Gasteiger charge is -2.36. The van der Waals surface area contributed by atoms with Gasteiger partial charge in [-0.25, -0.2) is 0 Å². The van der Waals surface area contributed by atoms with Gasteiger partial charge in [0.15, 0.2) is 11.3 Å². The van der Waals surface area contributed by atoms with E-state index in [0.29, 0.717) is 0 Å². The summed E-state index contributed by atoms with van der Waals surface area (Å²) in [5.41, 5.74) is 16.2. The summed E-state index contributed by atoms with van der Waals surface area (Å²) in [4.78, 5) is 4.66. The molecule has 0 saturated heterocycles. The third-order valence-corrected chi connectivity index (χ3v) is 13.9. The van der Waals surface area contributed by atoms with E-state index in [1.165, 1.54) is 22.3 Å². The third kappa shape index (κ3) is 7.14. The van der Waals surface area contributed by atoms with E-state index >= 15 is 0 Å². The fourth-order valence-corrected chi connectivity index (χ4v) is 10.7. The van der Waals surface area contributed by atoms with Crippen molar-refractivity contribution in [2.45, 2.75) is 47.0 Å². The highest BCUT2D eigenvalue weighted by atomic mass is 16.3. The first-order valence-corrected chi connectivity index (χ1v) is 23.8. The minimum Gasteiger partial charge on any atom is -0.455 e. The average Bonchev–Trinajstić information content (AvgIpc) is 3.98. The summed E-state index contributed by atoms with van der Waals surface area (Å²) < 4.78 is 13.6. The molecular weight excluding hydrogens is 841 g/mol. The normalized spacial score (nSPS) is 13.4. The summed E-state index contributed by atoms with van der Waals surface area (Å²) in [5, 5.41) is 3.37. The van der Waals surface area contributed by atoms with Crippen molar-refractivity contribution >= 4 is 62.3 Å². The summed E-state index contributed by atoms with van der Waals surface area (Å²) >= 11 is 0. The summed E-state index contributed by atoms with van der Waals surface area (Å²) in [6.07, 6.45) is 16.0. The number of fused-ring (bicyclic) bond motifs is 6. The molecule has 0 aliphatic heterocycles. The van der Waals surface area contributed by atoms with Gasteiger partial charge < -0.3 is 18.6 Å². The van der Waals surface area contributed by atoms with Crippen molar-refractivity contribution in [3.63, 3.8) is 0 Å². The number of hydrogen-bond donors (Lipinski definition) is 0. The molecule has 4 nitrogen and oxygen atoms in total. The zero-order chi connectivity index (χ0) is 47.8. The highest BCUT2D eigenvalue weighted by Gasteiger charge is 2.48. The molecule has 0 radical (unpaired) electrons. The number of hydrogen-bond acceptors (Lipinski definition) is 4. The molecule has 0 fully saturated rings. The molecule has 7 aromatic carbocycles. The topological polar surface area (TPSA) is 32.8 Å². The van der Waals surface area contributed by atoms with Crippen LogP contribution >= 0.6 is 0 Å². The molecule has 1 aliphatic rings. The van der Waals surface area contributed by atoms with Crippen LogP contribution in [0.5, 0.6) is 0 Å². The van der Waals surface area contributed by atoms with Crippen molar-refractivity contribution in [3.05, 3.63) is 269 Å². The van der Waals surface area contributed by atoms with Gasteiger partial charge in [-0.2, -0.15) is 0 Å². The minimum atomic E-state index is -0.773. The monoisotopic (exact) mass is 896 g/mol. The second kappa shape index (κ2) is 18.4. The highest BCUT2D eigenvalue weighted by molar-refractivity contribution is 6.12. The molecule has 2 heterocycles. The Morgan fingerprint density at radius 1 is 0.551 bits per heavy atom. The van der Waals surface area contributed by atoms with Gasteiger partial charge in [-0.15, -0.1) is 0 Å². The van der Waals surface area contributed by atoms with Gasteiger partial charge in [0.05, 0.1) is 22.5 Å². The number of anilines is 4. The number of furan rings is 2. The van der Waals surface area contributed by atoms with E-state index in [2.05, 4.69) is 221 Å². The summed E-state index contributed by atoms with van der Waals surface area (Å²) in [6, 6.07) is 57.6. The van der Waals surface area contributed by atoms with Crippen molar-refractivity contribution in [2.24, 2.45) is 0 Å². The molecule has 2 aromatic heterocycles. The van der Waals surface area contributed by atoms with Crippen LogP contribution in [0.2, 0.25) is 0 Å². The van der Waals surface area contributed by atoms with Crippen LogP contribution in [0.3, 0.4) is 0 Å². The van der Waals surface area contributed by atoms with Crippen LogP contribution in [0.15, 0.2) is 222 Å². The van der Waals surface area contributed by atoms with Gasteiger partial charge in [0.25, 0.3) is 0 Å². The van der Waals surface area contributed by atoms with Crippen LogP contribution in [-0.4, -0.2) is 0 Å². The molecular formula is C65H56N2O2. The van der Waals surface area contributed by atoms with Crippen molar-refractivity contribution in [3.8, 4) is 11.1 Å². The van der Waals surface area contributed by atoms with E-state index in [4.69, 9.17) is 8.83 Å². The Hall–Kier alpha value is -8.34. The maximum absolute atomic E-state index is 6.83. The summed E-state index contributed by atoms with van der Waals surface area (Å²) in [6.45, 7) is 21.0. The molecule has 69 heavy (non-hydrogen) atoms. The number of para-hydroxylation sites is 2. The Kier molecular flexibility index (Phi) is 11.9. The highest BCUT2D eigenvalue weighted by Crippen LogP contribution is 2.61. The maximum Gasteiger partial charge on any atom is 0.159 e. The third-order valence-electron chi connectivity index (χ3n) is 13.9.